The van der Waals surface area contributed by atoms with Crippen molar-refractivity contribution >= 4 is 5.95 Å². The van der Waals surface area contributed by atoms with Gasteiger partial charge in [-0.3, -0.25) is 4.90 Å². The molecule has 5 nitrogen and oxygen atoms in total. The summed E-state index contributed by atoms with van der Waals surface area (Å²) in [6.45, 7) is 8.38. The van der Waals surface area contributed by atoms with Gasteiger partial charge in [0.1, 0.15) is 0 Å². The van der Waals surface area contributed by atoms with Crippen LogP contribution in [-0.4, -0.2) is 54.1 Å². The Bertz CT molecular complexity index is 334. The monoisotopic (exact) mass is 249 g/mol. The Morgan fingerprint density at radius 3 is 2.50 bits per heavy atom. The molecule has 0 amide bonds. The molecule has 1 saturated heterocycles. The molecule has 1 aromatic heterocycles. The molecule has 0 radical (unpaired) electrons. The fourth-order valence-electron chi connectivity index (χ4n) is 2.15. The third-order valence-corrected chi connectivity index (χ3v) is 3.55. The predicted molar refractivity (Wildman–Crippen MR) is 73.5 cm³/mol. The maximum absolute atomic E-state index is 5.64. The number of anilines is 1. The summed E-state index contributed by atoms with van der Waals surface area (Å²) in [5, 5.41) is 0. The van der Waals surface area contributed by atoms with E-state index in [-0.39, 0.29) is 0 Å². The van der Waals surface area contributed by atoms with E-state index in [1.54, 1.807) is 12.4 Å². The second-order valence-corrected chi connectivity index (χ2v) is 5.01. The number of hydrogen-bond donors (Lipinski definition) is 1. The lowest BCUT2D eigenvalue weighted by molar-refractivity contribution is 0.241. The van der Waals surface area contributed by atoms with E-state index in [4.69, 9.17) is 5.73 Å². The SMILES string of the molecule is CC(CN)CCN1CCN(c2ncccn2)CC1. The maximum atomic E-state index is 5.64. The van der Waals surface area contributed by atoms with E-state index < -0.39 is 0 Å². The molecule has 5 heteroatoms. The second kappa shape index (κ2) is 6.66. The van der Waals surface area contributed by atoms with Crippen LogP contribution in [0.1, 0.15) is 13.3 Å². The molecule has 0 saturated carbocycles. The molecule has 0 aromatic carbocycles. The molecule has 1 aliphatic rings. The van der Waals surface area contributed by atoms with Crippen molar-refractivity contribution in [2.75, 3.05) is 44.2 Å². The minimum atomic E-state index is 0.625. The van der Waals surface area contributed by atoms with E-state index in [9.17, 15) is 0 Å². The summed E-state index contributed by atoms with van der Waals surface area (Å²) >= 11 is 0. The average molecular weight is 249 g/mol. The summed E-state index contributed by atoms with van der Waals surface area (Å²) < 4.78 is 0. The minimum Gasteiger partial charge on any atom is -0.338 e. The van der Waals surface area contributed by atoms with Gasteiger partial charge in [-0.15, -0.1) is 0 Å². The lowest BCUT2D eigenvalue weighted by Gasteiger charge is -2.35. The predicted octanol–water partition coefficient (Wildman–Crippen LogP) is 0.584. The lowest BCUT2D eigenvalue weighted by Crippen LogP contribution is -2.47. The van der Waals surface area contributed by atoms with Crippen LogP contribution in [0.2, 0.25) is 0 Å². The first-order chi connectivity index (χ1) is 8.79. The molecule has 1 atom stereocenters. The van der Waals surface area contributed by atoms with E-state index >= 15 is 0 Å². The summed E-state index contributed by atoms with van der Waals surface area (Å²) in [7, 11) is 0. The number of nitrogens with two attached hydrogens (primary N) is 1. The largest absolute Gasteiger partial charge is 0.338 e. The molecule has 2 heterocycles. The fourth-order valence-corrected chi connectivity index (χ4v) is 2.15. The van der Waals surface area contributed by atoms with Crippen molar-refractivity contribution < 1.29 is 0 Å². The summed E-state index contributed by atoms with van der Waals surface area (Å²) in [4.78, 5) is 13.3. The zero-order valence-corrected chi connectivity index (χ0v) is 11.1. The first-order valence-corrected chi connectivity index (χ1v) is 6.74. The third kappa shape index (κ3) is 3.65. The van der Waals surface area contributed by atoms with Crippen molar-refractivity contribution in [3.63, 3.8) is 0 Å². The number of rotatable bonds is 5. The van der Waals surface area contributed by atoms with Gasteiger partial charge < -0.3 is 10.6 Å². The van der Waals surface area contributed by atoms with Crippen LogP contribution in [0.25, 0.3) is 0 Å². The van der Waals surface area contributed by atoms with Crippen LogP contribution in [0.4, 0.5) is 5.95 Å². The smallest absolute Gasteiger partial charge is 0.225 e. The summed E-state index contributed by atoms with van der Waals surface area (Å²) in [6.07, 6.45) is 4.80. The second-order valence-electron chi connectivity index (χ2n) is 5.01. The molecule has 100 valence electrons. The van der Waals surface area contributed by atoms with E-state index in [0.29, 0.717) is 5.92 Å². The van der Waals surface area contributed by atoms with Gasteiger partial charge in [0.15, 0.2) is 0 Å². The van der Waals surface area contributed by atoms with Crippen LogP contribution in [0, 0.1) is 5.92 Å². The molecule has 0 bridgehead atoms. The topological polar surface area (TPSA) is 58.3 Å². The fraction of sp³-hybridized carbons (Fsp3) is 0.692. The Morgan fingerprint density at radius 1 is 1.22 bits per heavy atom. The number of piperazine rings is 1. The molecule has 1 unspecified atom stereocenters. The normalized spacial score (nSPS) is 18.9. The molecule has 1 fully saturated rings. The van der Waals surface area contributed by atoms with Crippen molar-refractivity contribution in [2.24, 2.45) is 11.7 Å². The van der Waals surface area contributed by atoms with Crippen LogP contribution in [-0.2, 0) is 0 Å². The zero-order chi connectivity index (χ0) is 12.8. The van der Waals surface area contributed by atoms with E-state index in [2.05, 4.69) is 26.7 Å². The highest BCUT2D eigenvalue weighted by molar-refractivity contribution is 5.29. The molecule has 1 aliphatic heterocycles. The molecule has 0 spiro atoms. The van der Waals surface area contributed by atoms with Gasteiger partial charge >= 0.3 is 0 Å². The molecule has 18 heavy (non-hydrogen) atoms. The number of aromatic nitrogens is 2. The molecule has 1 aromatic rings. The Morgan fingerprint density at radius 2 is 1.89 bits per heavy atom. The Hall–Kier alpha value is -1.20. The minimum absolute atomic E-state index is 0.625. The molecular formula is C13H23N5. The molecule has 2 N–H and O–H groups in total. The Labute approximate surface area is 109 Å². The number of hydrogen-bond acceptors (Lipinski definition) is 5. The van der Waals surface area contributed by atoms with Gasteiger partial charge in [0.25, 0.3) is 0 Å². The molecule has 0 aliphatic carbocycles. The van der Waals surface area contributed by atoms with Crippen LogP contribution < -0.4 is 10.6 Å². The Kier molecular flexibility index (Phi) is 4.90. The average Bonchev–Trinajstić information content (AvgIpc) is 2.46. The molecular weight excluding hydrogens is 226 g/mol. The highest BCUT2D eigenvalue weighted by Crippen LogP contribution is 2.10. The van der Waals surface area contributed by atoms with Crippen LogP contribution in [0.15, 0.2) is 18.5 Å². The van der Waals surface area contributed by atoms with Crippen molar-refractivity contribution in [3.05, 3.63) is 18.5 Å². The summed E-state index contributed by atoms with van der Waals surface area (Å²) in [5.41, 5.74) is 5.64. The number of nitrogens with zero attached hydrogens (tertiary/aromatic N) is 4. The van der Waals surface area contributed by atoms with Gasteiger partial charge in [-0.1, -0.05) is 6.92 Å². The van der Waals surface area contributed by atoms with Gasteiger partial charge in [-0.05, 0) is 31.5 Å². The zero-order valence-electron chi connectivity index (χ0n) is 11.1. The highest BCUT2D eigenvalue weighted by atomic mass is 15.3. The van der Waals surface area contributed by atoms with E-state index in [0.717, 1.165) is 45.2 Å². The summed E-state index contributed by atoms with van der Waals surface area (Å²) in [5.74, 6) is 1.48. The van der Waals surface area contributed by atoms with Crippen molar-refractivity contribution in [3.8, 4) is 0 Å². The van der Waals surface area contributed by atoms with Gasteiger partial charge in [-0.25, -0.2) is 9.97 Å². The van der Waals surface area contributed by atoms with Crippen molar-refractivity contribution in [1.82, 2.24) is 14.9 Å². The first kappa shape index (κ1) is 13.2. The Balaban J connectivity index is 1.75. The van der Waals surface area contributed by atoms with Crippen LogP contribution in [0.5, 0.6) is 0 Å². The first-order valence-electron chi connectivity index (χ1n) is 6.74. The van der Waals surface area contributed by atoms with Gasteiger partial charge in [0, 0.05) is 38.6 Å². The van der Waals surface area contributed by atoms with Gasteiger partial charge in [-0.2, -0.15) is 0 Å². The van der Waals surface area contributed by atoms with Crippen LogP contribution >= 0.6 is 0 Å². The quantitative estimate of drug-likeness (QED) is 0.827. The third-order valence-electron chi connectivity index (χ3n) is 3.55. The van der Waals surface area contributed by atoms with Crippen LogP contribution in [0.3, 0.4) is 0 Å². The van der Waals surface area contributed by atoms with Crippen molar-refractivity contribution in [1.29, 1.82) is 0 Å². The van der Waals surface area contributed by atoms with Gasteiger partial charge in [0.05, 0.1) is 0 Å². The molecule has 2 rings (SSSR count). The van der Waals surface area contributed by atoms with E-state index in [1.165, 1.54) is 6.42 Å². The lowest BCUT2D eigenvalue weighted by atomic mass is 10.1. The van der Waals surface area contributed by atoms with Gasteiger partial charge in [0.2, 0.25) is 5.95 Å². The summed E-state index contributed by atoms with van der Waals surface area (Å²) in [6, 6.07) is 1.86. The van der Waals surface area contributed by atoms with Crippen molar-refractivity contribution in [2.45, 2.75) is 13.3 Å². The van der Waals surface area contributed by atoms with E-state index in [1.807, 2.05) is 6.07 Å². The highest BCUT2D eigenvalue weighted by Gasteiger charge is 2.18. The standard InChI is InChI=1S/C13H23N5/c1-12(11-14)3-6-17-7-9-18(10-8-17)13-15-4-2-5-16-13/h2,4-5,12H,3,6-11,14H2,1H3. The maximum Gasteiger partial charge on any atom is 0.225 e.